The van der Waals surface area contributed by atoms with Gasteiger partial charge in [0.05, 0.1) is 11.5 Å². The zero-order valence-corrected chi connectivity index (χ0v) is 12.6. The number of Topliss-reactive ketones (excluding diaryl/α,β-unsaturated/α-hetero) is 1. The number of hydrogen-bond acceptors (Lipinski definition) is 4. The third-order valence-corrected chi connectivity index (χ3v) is 3.26. The maximum atomic E-state index is 11.9. The van der Waals surface area contributed by atoms with Gasteiger partial charge in [-0.2, -0.15) is 0 Å². The van der Waals surface area contributed by atoms with Crippen LogP contribution in [0.2, 0.25) is 0 Å². The maximum absolute atomic E-state index is 11.9. The quantitative estimate of drug-likeness (QED) is 0.452. The first kappa shape index (κ1) is 15.3. The predicted molar refractivity (Wildman–Crippen MR) is 81.2 cm³/mol. The summed E-state index contributed by atoms with van der Waals surface area (Å²) in [7, 11) is 0. The maximum Gasteiger partial charge on any atom is 0.270 e. The summed E-state index contributed by atoms with van der Waals surface area (Å²) in [5, 5.41) is 10.7. The molecule has 6 heteroatoms. The number of benzene rings is 2. The van der Waals surface area contributed by atoms with Gasteiger partial charge in [0.25, 0.3) is 5.69 Å². The molecule has 0 aliphatic heterocycles. The van der Waals surface area contributed by atoms with E-state index in [4.69, 9.17) is 4.74 Å². The first-order valence-electron chi connectivity index (χ1n) is 6.16. The highest BCUT2D eigenvalue weighted by Crippen LogP contribution is 2.15. The lowest BCUT2D eigenvalue weighted by Gasteiger charge is -2.04. The van der Waals surface area contributed by atoms with E-state index in [1.807, 2.05) is 24.3 Å². The zero-order chi connectivity index (χ0) is 15.2. The molecule has 2 rings (SSSR count). The number of ketones is 1. The Hall–Kier alpha value is -2.05. The van der Waals surface area contributed by atoms with E-state index >= 15 is 0 Å². The van der Waals surface area contributed by atoms with Crippen molar-refractivity contribution < 1.29 is 14.5 Å². The molecule has 0 aliphatic rings. The average molecular weight is 350 g/mol. The van der Waals surface area contributed by atoms with Crippen molar-refractivity contribution in [1.82, 2.24) is 0 Å². The number of nitro benzene ring substituents is 1. The minimum atomic E-state index is -0.529. The molecule has 0 spiro atoms. The molecule has 108 valence electrons. The molecular formula is C15H12BrNO4. The van der Waals surface area contributed by atoms with Gasteiger partial charge in [0, 0.05) is 22.2 Å². The lowest BCUT2D eigenvalue weighted by Crippen LogP contribution is -2.09. The van der Waals surface area contributed by atoms with Gasteiger partial charge in [-0.15, -0.1) is 0 Å². The Balaban J connectivity index is 1.93. The summed E-state index contributed by atoms with van der Waals surface area (Å²) in [5.41, 5.74) is 1.11. The highest BCUT2D eigenvalue weighted by molar-refractivity contribution is 9.10. The zero-order valence-electron chi connectivity index (χ0n) is 11.0. The molecule has 5 nitrogen and oxygen atoms in total. The number of halogens is 1. The average Bonchev–Trinajstić information content (AvgIpc) is 2.47. The van der Waals surface area contributed by atoms with Gasteiger partial charge in [-0.3, -0.25) is 14.9 Å². The molecule has 0 fully saturated rings. The van der Waals surface area contributed by atoms with Gasteiger partial charge in [0.15, 0.2) is 5.78 Å². The Kier molecular flexibility index (Phi) is 5.19. The third-order valence-electron chi connectivity index (χ3n) is 2.77. The molecule has 0 bridgehead atoms. The van der Waals surface area contributed by atoms with Crippen LogP contribution in [0.4, 0.5) is 5.69 Å². The van der Waals surface area contributed by atoms with Gasteiger partial charge < -0.3 is 4.74 Å². The van der Waals surface area contributed by atoms with Crippen molar-refractivity contribution in [1.29, 1.82) is 0 Å². The van der Waals surface area contributed by atoms with Gasteiger partial charge in [0.2, 0.25) is 0 Å². The highest BCUT2D eigenvalue weighted by atomic mass is 79.9. The normalized spacial score (nSPS) is 10.3. The molecule has 0 saturated heterocycles. The van der Waals surface area contributed by atoms with E-state index < -0.39 is 4.92 Å². The van der Waals surface area contributed by atoms with E-state index in [0.29, 0.717) is 6.61 Å². The Morgan fingerprint density at radius 3 is 2.67 bits per heavy atom. The molecule has 0 N–H and O–H groups in total. The van der Waals surface area contributed by atoms with E-state index in [2.05, 4.69) is 15.9 Å². The van der Waals surface area contributed by atoms with E-state index in [9.17, 15) is 14.9 Å². The van der Waals surface area contributed by atoms with Crippen molar-refractivity contribution in [2.75, 3.05) is 6.61 Å². The molecule has 2 aromatic carbocycles. The SMILES string of the molecule is O=C(COCc1cccc(Br)c1)c1cccc([N+](=O)[O-])c1. The van der Waals surface area contributed by atoms with E-state index in [1.165, 1.54) is 24.3 Å². The number of nitro groups is 1. The van der Waals surface area contributed by atoms with Crippen LogP contribution in [0.3, 0.4) is 0 Å². The molecule has 21 heavy (non-hydrogen) atoms. The Labute approximate surface area is 129 Å². The van der Waals surface area contributed by atoms with E-state index in [-0.39, 0.29) is 23.6 Å². The number of hydrogen-bond donors (Lipinski definition) is 0. The topological polar surface area (TPSA) is 69.4 Å². The summed E-state index contributed by atoms with van der Waals surface area (Å²) in [4.78, 5) is 22.1. The first-order valence-corrected chi connectivity index (χ1v) is 6.95. The largest absolute Gasteiger partial charge is 0.369 e. The predicted octanol–water partition coefficient (Wildman–Crippen LogP) is 3.76. The molecule has 0 aliphatic carbocycles. The Bertz CT molecular complexity index is 672. The van der Waals surface area contributed by atoms with Crippen molar-refractivity contribution in [3.05, 3.63) is 74.2 Å². The first-order chi connectivity index (χ1) is 10.1. The van der Waals surface area contributed by atoms with Crippen LogP contribution in [-0.2, 0) is 11.3 Å². The molecule has 0 heterocycles. The molecule has 0 saturated carbocycles. The van der Waals surface area contributed by atoms with Crippen LogP contribution in [0.1, 0.15) is 15.9 Å². The summed E-state index contributed by atoms with van der Waals surface area (Å²) < 4.78 is 6.29. The second kappa shape index (κ2) is 7.10. The fourth-order valence-corrected chi connectivity index (χ4v) is 2.21. The summed E-state index contributed by atoms with van der Waals surface area (Å²) in [6, 6.07) is 13.2. The summed E-state index contributed by atoms with van der Waals surface area (Å²) in [6.45, 7) is 0.188. The van der Waals surface area contributed by atoms with Crippen LogP contribution in [-0.4, -0.2) is 17.3 Å². The van der Waals surface area contributed by atoms with Crippen molar-refractivity contribution in [2.24, 2.45) is 0 Å². The van der Waals surface area contributed by atoms with Crippen molar-refractivity contribution in [3.8, 4) is 0 Å². The lowest BCUT2D eigenvalue weighted by molar-refractivity contribution is -0.384. The molecular weight excluding hydrogens is 338 g/mol. The van der Waals surface area contributed by atoms with E-state index in [0.717, 1.165) is 10.0 Å². The summed E-state index contributed by atoms with van der Waals surface area (Å²) in [5.74, 6) is -0.284. The number of non-ortho nitro benzene ring substituents is 1. The molecule has 0 unspecified atom stereocenters. The van der Waals surface area contributed by atoms with Gasteiger partial charge in [-0.25, -0.2) is 0 Å². The van der Waals surface area contributed by atoms with Crippen molar-refractivity contribution in [3.63, 3.8) is 0 Å². The van der Waals surface area contributed by atoms with Gasteiger partial charge in [-0.05, 0) is 17.7 Å². The smallest absolute Gasteiger partial charge is 0.270 e. The molecule has 2 aromatic rings. The monoisotopic (exact) mass is 349 g/mol. The Morgan fingerprint density at radius 1 is 1.19 bits per heavy atom. The number of carbonyl (C=O) groups excluding carboxylic acids is 1. The second-order valence-corrected chi connectivity index (χ2v) is 5.27. The van der Waals surface area contributed by atoms with Crippen LogP contribution in [0.15, 0.2) is 53.0 Å². The standard InChI is InChI=1S/C15H12BrNO4/c16-13-5-1-3-11(7-13)9-21-10-15(18)12-4-2-6-14(8-12)17(19)20/h1-8H,9-10H2. The van der Waals surface area contributed by atoms with Gasteiger partial charge >= 0.3 is 0 Å². The number of ether oxygens (including phenoxy) is 1. The van der Waals surface area contributed by atoms with Crippen LogP contribution >= 0.6 is 15.9 Å². The Morgan fingerprint density at radius 2 is 1.95 bits per heavy atom. The summed E-state index contributed by atoms with van der Waals surface area (Å²) >= 11 is 3.35. The van der Waals surface area contributed by atoms with Crippen LogP contribution < -0.4 is 0 Å². The van der Waals surface area contributed by atoms with Crippen molar-refractivity contribution in [2.45, 2.75) is 6.61 Å². The van der Waals surface area contributed by atoms with Gasteiger partial charge in [0.1, 0.15) is 6.61 Å². The minimum Gasteiger partial charge on any atom is -0.369 e. The molecule has 0 atom stereocenters. The van der Waals surface area contributed by atoms with Crippen LogP contribution in [0.25, 0.3) is 0 Å². The lowest BCUT2D eigenvalue weighted by atomic mass is 10.1. The second-order valence-electron chi connectivity index (χ2n) is 4.35. The molecule has 0 aromatic heterocycles. The van der Waals surface area contributed by atoms with Crippen LogP contribution in [0.5, 0.6) is 0 Å². The summed E-state index contributed by atoms with van der Waals surface area (Å²) in [6.07, 6.45) is 0. The highest BCUT2D eigenvalue weighted by Gasteiger charge is 2.11. The molecule has 0 radical (unpaired) electrons. The fraction of sp³-hybridized carbons (Fsp3) is 0.133. The minimum absolute atomic E-state index is 0.104. The number of carbonyl (C=O) groups is 1. The molecule has 0 amide bonds. The number of nitrogens with zero attached hydrogens (tertiary/aromatic N) is 1. The third kappa shape index (κ3) is 4.47. The van der Waals surface area contributed by atoms with Crippen LogP contribution in [0, 0.1) is 10.1 Å². The van der Waals surface area contributed by atoms with E-state index in [1.54, 1.807) is 0 Å². The van der Waals surface area contributed by atoms with Crippen molar-refractivity contribution >= 4 is 27.4 Å². The van der Waals surface area contributed by atoms with Gasteiger partial charge in [-0.1, -0.05) is 40.2 Å². The number of rotatable bonds is 6. The fourth-order valence-electron chi connectivity index (χ4n) is 1.76.